The number of carbonyl (C=O) groups is 1. The molecule has 0 saturated carbocycles. The first-order valence-electron chi connectivity index (χ1n) is 9.71. The van der Waals surface area contributed by atoms with Gasteiger partial charge in [0.05, 0.1) is 6.54 Å². The maximum absolute atomic E-state index is 13.0. The largest absolute Gasteiger partial charge is 0.339 e. The molecule has 2 aliphatic heterocycles. The molecule has 0 radical (unpaired) electrons. The van der Waals surface area contributed by atoms with Crippen molar-refractivity contribution in [3.05, 3.63) is 34.9 Å². The Balaban J connectivity index is 1.69. The minimum atomic E-state index is -3.66. The molecule has 0 aliphatic carbocycles. The Morgan fingerprint density at radius 2 is 1.93 bits per heavy atom. The molecule has 1 aromatic carbocycles. The van der Waals surface area contributed by atoms with Gasteiger partial charge < -0.3 is 4.90 Å². The Kier molecular flexibility index (Phi) is 6.78. The third-order valence-corrected chi connectivity index (χ3v) is 7.61. The molecule has 0 aromatic heterocycles. The van der Waals surface area contributed by atoms with Gasteiger partial charge >= 0.3 is 0 Å². The molecule has 3 rings (SSSR count). The number of nitrogens with zero attached hydrogens (tertiary/aromatic N) is 3. The van der Waals surface area contributed by atoms with E-state index in [1.165, 1.54) is 8.61 Å². The van der Waals surface area contributed by atoms with Crippen molar-refractivity contribution in [2.75, 3.05) is 26.2 Å². The molecule has 0 spiro atoms. The fourth-order valence-corrected chi connectivity index (χ4v) is 5.82. The summed E-state index contributed by atoms with van der Waals surface area (Å²) in [4.78, 5) is 14.7. The predicted molar refractivity (Wildman–Crippen MR) is 107 cm³/mol. The number of piperidine rings is 1. The second-order valence-corrected chi connectivity index (χ2v) is 9.67. The van der Waals surface area contributed by atoms with Gasteiger partial charge in [-0.05, 0) is 49.8 Å². The Labute approximate surface area is 167 Å². The molecule has 0 bridgehead atoms. The number of hydrogen-bond acceptors (Lipinski definition) is 3. The molecule has 1 atom stereocenters. The summed E-state index contributed by atoms with van der Waals surface area (Å²) in [5.41, 5.74) is 0.848. The summed E-state index contributed by atoms with van der Waals surface area (Å²) in [6.45, 7) is 3.88. The van der Waals surface area contributed by atoms with Crippen LogP contribution in [0.25, 0.3) is 0 Å². The molecule has 2 heterocycles. The molecule has 150 valence electrons. The van der Waals surface area contributed by atoms with Gasteiger partial charge in [0.15, 0.2) is 0 Å². The van der Waals surface area contributed by atoms with Gasteiger partial charge in [0.2, 0.25) is 5.91 Å². The SMILES string of the molecule is CC[C@H]1CCCCN1C(=O)CN1CCCN(Cc2cccc(Cl)c2)S1(=O)=O. The monoisotopic (exact) mass is 413 g/mol. The molecule has 8 heteroatoms. The van der Waals surface area contributed by atoms with Crippen molar-refractivity contribution in [1.29, 1.82) is 0 Å². The molecule has 27 heavy (non-hydrogen) atoms. The normalized spacial score (nSPS) is 24.1. The molecular weight excluding hydrogens is 386 g/mol. The van der Waals surface area contributed by atoms with E-state index < -0.39 is 10.2 Å². The van der Waals surface area contributed by atoms with Gasteiger partial charge in [-0.2, -0.15) is 17.0 Å². The van der Waals surface area contributed by atoms with Gasteiger partial charge in [-0.3, -0.25) is 4.79 Å². The van der Waals surface area contributed by atoms with E-state index in [1.807, 2.05) is 17.0 Å². The predicted octanol–water partition coefficient (Wildman–Crippen LogP) is 2.88. The zero-order valence-corrected chi connectivity index (χ0v) is 17.4. The third kappa shape index (κ3) is 4.83. The molecule has 2 aliphatic rings. The number of likely N-dealkylation sites (tertiary alicyclic amines) is 1. The average molecular weight is 414 g/mol. The molecule has 1 amide bonds. The lowest BCUT2D eigenvalue weighted by Crippen LogP contribution is -2.54. The quantitative estimate of drug-likeness (QED) is 0.745. The van der Waals surface area contributed by atoms with Crippen LogP contribution < -0.4 is 0 Å². The lowest BCUT2D eigenvalue weighted by atomic mass is 10.00. The van der Waals surface area contributed by atoms with E-state index in [-0.39, 0.29) is 25.0 Å². The van der Waals surface area contributed by atoms with Crippen LogP contribution in [0.3, 0.4) is 0 Å². The molecule has 0 N–H and O–H groups in total. The summed E-state index contributed by atoms with van der Waals surface area (Å²) in [5.74, 6) is -0.0743. The van der Waals surface area contributed by atoms with Gasteiger partial charge in [-0.25, -0.2) is 0 Å². The lowest BCUT2D eigenvalue weighted by Gasteiger charge is -2.38. The maximum atomic E-state index is 13.0. The maximum Gasteiger partial charge on any atom is 0.282 e. The molecule has 2 fully saturated rings. The van der Waals surface area contributed by atoms with Crippen LogP contribution in [0.4, 0.5) is 0 Å². The molecule has 2 saturated heterocycles. The minimum absolute atomic E-state index is 0.0646. The first kappa shape index (κ1) is 20.6. The molecule has 0 unspecified atom stereocenters. The van der Waals surface area contributed by atoms with E-state index in [4.69, 9.17) is 11.6 Å². The van der Waals surface area contributed by atoms with Crippen molar-refractivity contribution >= 4 is 27.7 Å². The Morgan fingerprint density at radius 1 is 1.15 bits per heavy atom. The Morgan fingerprint density at radius 3 is 2.67 bits per heavy atom. The zero-order chi connectivity index (χ0) is 19.4. The highest BCUT2D eigenvalue weighted by Crippen LogP contribution is 2.23. The molecule has 6 nitrogen and oxygen atoms in total. The third-order valence-electron chi connectivity index (χ3n) is 5.45. The van der Waals surface area contributed by atoms with E-state index in [0.717, 1.165) is 37.8 Å². The van der Waals surface area contributed by atoms with Crippen LogP contribution in [0.15, 0.2) is 24.3 Å². The van der Waals surface area contributed by atoms with Gasteiger partial charge in [0, 0.05) is 37.2 Å². The minimum Gasteiger partial charge on any atom is -0.339 e. The van der Waals surface area contributed by atoms with Crippen molar-refractivity contribution < 1.29 is 13.2 Å². The van der Waals surface area contributed by atoms with E-state index in [2.05, 4.69) is 6.92 Å². The summed E-state index contributed by atoms with van der Waals surface area (Å²) in [6, 6.07) is 7.47. The number of benzene rings is 1. The summed E-state index contributed by atoms with van der Waals surface area (Å²) in [6.07, 6.45) is 4.77. The summed E-state index contributed by atoms with van der Waals surface area (Å²) >= 11 is 6.02. The van der Waals surface area contributed by atoms with E-state index >= 15 is 0 Å². The first-order chi connectivity index (χ1) is 12.9. The van der Waals surface area contributed by atoms with E-state index in [1.54, 1.807) is 12.1 Å². The molecule has 1 aromatic rings. The number of halogens is 1. The number of amides is 1. The smallest absolute Gasteiger partial charge is 0.282 e. The van der Waals surface area contributed by atoms with Crippen LogP contribution in [0.5, 0.6) is 0 Å². The topological polar surface area (TPSA) is 60.9 Å². The number of hydrogen-bond donors (Lipinski definition) is 0. The highest BCUT2D eigenvalue weighted by atomic mass is 35.5. The van der Waals surface area contributed by atoms with Crippen LogP contribution in [-0.2, 0) is 21.5 Å². The van der Waals surface area contributed by atoms with Crippen molar-refractivity contribution in [3.63, 3.8) is 0 Å². The van der Waals surface area contributed by atoms with Crippen molar-refractivity contribution in [3.8, 4) is 0 Å². The summed E-state index contributed by atoms with van der Waals surface area (Å²) < 4.78 is 28.8. The van der Waals surface area contributed by atoms with Crippen LogP contribution in [0, 0.1) is 0 Å². The van der Waals surface area contributed by atoms with E-state index in [9.17, 15) is 13.2 Å². The van der Waals surface area contributed by atoms with Crippen LogP contribution in [0.1, 0.15) is 44.6 Å². The van der Waals surface area contributed by atoms with Crippen molar-refractivity contribution in [1.82, 2.24) is 13.5 Å². The standard InChI is InChI=1S/C19H28ClN3O3S/c1-2-18-9-3-4-12-23(18)19(24)15-22-11-6-10-21(27(22,25)26)14-16-7-5-8-17(20)13-16/h5,7-8,13,18H,2-4,6,9-12,14-15H2,1H3/t18-/m0/s1. The summed E-state index contributed by atoms with van der Waals surface area (Å²) in [5, 5.41) is 0.588. The summed E-state index contributed by atoms with van der Waals surface area (Å²) in [7, 11) is -3.66. The Hall–Kier alpha value is -1.15. The van der Waals surface area contributed by atoms with Crippen LogP contribution in [0.2, 0.25) is 5.02 Å². The highest BCUT2D eigenvalue weighted by molar-refractivity contribution is 7.86. The lowest BCUT2D eigenvalue weighted by molar-refractivity contribution is -0.135. The Bertz CT molecular complexity index is 771. The fraction of sp³-hybridized carbons (Fsp3) is 0.632. The van der Waals surface area contributed by atoms with Crippen LogP contribution >= 0.6 is 11.6 Å². The highest BCUT2D eigenvalue weighted by Gasteiger charge is 2.36. The number of carbonyl (C=O) groups excluding carboxylic acids is 1. The van der Waals surface area contributed by atoms with E-state index in [0.29, 0.717) is 24.5 Å². The first-order valence-corrected chi connectivity index (χ1v) is 11.5. The zero-order valence-electron chi connectivity index (χ0n) is 15.8. The van der Waals surface area contributed by atoms with Crippen molar-refractivity contribution in [2.24, 2.45) is 0 Å². The number of rotatable bonds is 5. The second kappa shape index (κ2) is 8.90. The van der Waals surface area contributed by atoms with Gasteiger partial charge in [0.25, 0.3) is 10.2 Å². The van der Waals surface area contributed by atoms with Gasteiger partial charge in [0.1, 0.15) is 0 Å². The fourth-order valence-electron chi connectivity index (χ4n) is 3.97. The van der Waals surface area contributed by atoms with Gasteiger partial charge in [-0.1, -0.05) is 30.7 Å². The van der Waals surface area contributed by atoms with Crippen LogP contribution in [-0.4, -0.2) is 60.1 Å². The average Bonchev–Trinajstić information content (AvgIpc) is 2.65. The van der Waals surface area contributed by atoms with Crippen molar-refractivity contribution in [2.45, 2.75) is 51.6 Å². The molecular formula is C19H28ClN3O3S. The van der Waals surface area contributed by atoms with Gasteiger partial charge in [-0.15, -0.1) is 0 Å². The second-order valence-electron chi connectivity index (χ2n) is 7.30.